The number of aliphatic imine (C=N–C) groups is 1. The van der Waals surface area contributed by atoms with Crippen LogP contribution in [-0.2, 0) is 26.2 Å². The van der Waals surface area contributed by atoms with Gasteiger partial charge in [-0.2, -0.15) is 5.26 Å². The highest BCUT2D eigenvalue weighted by Crippen LogP contribution is 2.22. The molecular weight excluding hydrogens is 1020 g/mol. The average Bonchev–Trinajstić information content (AvgIpc) is 4.10. The zero-order valence-corrected chi connectivity index (χ0v) is 41.1. The molecule has 0 atom stereocenters. The second kappa shape index (κ2) is 27.6. The summed E-state index contributed by atoms with van der Waals surface area (Å²) in [6.45, 7) is 5.56. The largest absolute Gasteiger partial charge is 0.370 e. The maximum absolute atomic E-state index is 10.6. The molecule has 0 radical (unpaired) electrons. The molecule has 4 aromatic rings. The summed E-state index contributed by atoms with van der Waals surface area (Å²) >= 11 is 27.1. The highest BCUT2D eigenvalue weighted by Gasteiger charge is 2.28. The maximum atomic E-state index is 10.6. The first kappa shape index (κ1) is 53.7. The number of hydrazone groups is 2. The molecule has 3 fully saturated rings. The molecule has 3 N–H and O–H groups in total. The maximum Gasteiger partial charge on any atom is 0.276 e. The van der Waals surface area contributed by atoms with Crippen LogP contribution in [0.25, 0.3) is 0 Å². The number of halogens is 4. The van der Waals surface area contributed by atoms with E-state index in [1.807, 2.05) is 35.2 Å². The van der Waals surface area contributed by atoms with Crippen molar-refractivity contribution in [2.45, 2.75) is 26.2 Å². The van der Waals surface area contributed by atoms with Gasteiger partial charge >= 0.3 is 0 Å². The number of thioether (sulfide) groups is 1. The third-order valence-electron chi connectivity index (χ3n) is 8.49. The Balaban J connectivity index is 0.000000196. The molecule has 7 heterocycles. The van der Waals surface area contributed by atoms with Gasteiger partial charge in [0, 0.05) is 87.1 Å². The number of aromatic nitrogens is 4. The molecule has 4 aromatic heterocycles. The molecular formula is C35H41Cl4N19O6S3. The fraction of sp³-hybridized carbons (Fsp3) is 0.371. The molecule has 67 heavy (non-hydrogen) atoms. The molecule has 3 aliphatic heterocycles. The lowest BCUT2D eigenvalue weighted by Crippen LogP contribution is -2.55. The van der Waals surface area contributed by atoms with E-state index in [4.69, 9.17) is 51.7 Å². The van der Waals surface area contributed by atoms with E-state index in [1.165, 1.54) is 22.7 Å². The second-order valence-electron chi connectivity index (χ2n) is 13.5. The molecule has 0 aromatic carbocycles. The molecule has 32 heteroatoms. The molecule has 0 aliphatic carbocycles. The lowest BCUT2D eigenvalue weighted by molar-refractivity contribution is -0.486. The van der Waals surface area contributed by atoms with E-state index in [0.29, 0.717) is 77.1 Å². The minimum absolute atomic E-state index is 0.282. The minimum Gasteiger partial charge on any atom is -0.370 e. The quantitative estimate of drug-likeness (QED) is 0.0692. The third kappa shape index (κ3) is 19.4. The predicted octanol–water partition coefficient (Wildman–Crippen LogP) is 4.93. The number of amidine groups is 1. The first-order valence-electron chi connectivity index (χ1n) is 19.1. The van der Waals surface area contributed by atoms with Crippen molar-refractivity contribution in [1.82, 2.24) is 60.4 Å². The second-order valence-corrected chi connectivity index (χ2v) is 18.7. The molecule has 3 aliphatic rings. The van der Waals surface area contributed by atoms with Crippen LogP contribution in [0.15, 0.2) is 76.3 Å². The Hall–Kier alpha value is -5.93. The fourth-order valence-electron chi connectivity index (χ4n) is 5.81. The number of nitriles is 1. The zero-order chi connectivity index (χ0) is 48.9. The van der Waals surface area contributed by atoms with Gasteiger partial charge in [0.05, 0.1) is 31.4 Å². The smallest absolute Gasteiger partial charge is 0.276 e. The summed E-state index contributed by atoms with van der Waals surface area (Å²) < 4.78 is 0.914. The molecule has 0 unspecified atom stereocenters. The first-order chi connectivity index (χ1) is 32.0. The zero-order valence-electron chi connectivity index (χ0n) is 35.6. The van der Waals surface area contributed by atoms with Crippen LogP contribution in [0.2, 0.25) is 19.2 Å². The molecule has 7 rings (SSSR count). The lowest BCUT2D eigenvalue weighted by atomic mass is 10.3. The molecule has 0 spiro atoms. The van der Waals surface area contributed by atoms with Crippen molar-refractivity contribution in [2.75, 3.05) is 59.9 Å². The number of pyridine rings is 2. The van der Waals surface area contributed by atoms with E-state index in [-0.39, 0.29) is 5.96 Å². The van der Waals surface area contributed by atoms with Gasteiger partial charge in [-0.25, -0.2) is 40.2 Å². The predicted molar refractivity (Wildman–Crippen MR) is 258 cm³/mol. The summed E-state index contributed by atoms with van der Waals surface area (Å²) in [5, 5.41) is 55.1. The standard InChI is InChI=1S/C10H9ClN4S.C9H13ClN6O2S.C9H10ClN5O2.C7H9ClN4O2S/c11-9-2-1-8(5-13-9)6-15-3-4-16-10(15)14-7-12;1-13-5-14(2)9(12-16(17)18)15(6-13)4-7-3-11-8(10)19-7;10-8-2-1-7(5-12-8)6-14-4-3-11-9(14)13-15(16)17;1-9-6(4-12(13)14)10-2-5-3-11-7(8)15-5/h1-2,5H,3-4,6H2;3H,4-6H2,1-2H3;1-2,5H,3-4,6H2,(H,11,13);3-4,9-10H,2H2,1H3/b;12-9+;;6-4+. The van der Waals surface area contributed by atoms with Gasteiger partial charge < -0.3 is 35.6 Å². The Bertz CT molecular complexity index is 2440. The van der Waals surface area contributed by atoms with E-state index in [1.54, 1.807) is 72.6 Å². The number of rotatable bonds is 13. The van der Waals surface area contributed by atoms with E-state index in [9.17, 15) is 30.3 Å². The van der Waals surface area contributed by atoms with Crippen molar-refractivity contribution in [3.05, 3.63) is 132 Å². The summed E-state index contributed by atoms with van der Waals surface area (Å²) in [4.78, 5) is 61.4. The Morgan fingerprint density at radius 3 is 1.97 bits per heavy atom. The van der Waals surface area contributed by atoms with Crippen molar-refractivity contribution in [3.8, 4) is 6.19 Å². The minimum atomic E-state index is -0.708. The van der Waals surface area contributed by atoms with Crippen molar-refractivity contribution >= 4 is 97.9 Å². The van der Waals surface area contributed by atoms with E-state index in [2.05, 4.69) is 56.0 Å². The van der Waals surface area contributed by atoms with Crippen LogP contribution in [0, 0.1) is 41.8 Å². The highest BCUT2D eigenvalue weighted by molar-refractivity contribution is 8.14. The van der Waals surface area contributed by atoms with Gasteiger partial charge in [-0.05, 0) is 30.3 Å². The number of nitro groups is 3. The average molecular weight is 1060 g/mol. The van der Waals surface area contributed by atoms with Crippen LogP contribution in [-0.4, -0.2) is 136 Å². The highest BCUT2D eigenvalue weighted by atomic mass is 35.5. The summed E-state index contributed by atoms with van der Waals surface area (Å²) in [5.41, 5.74) is 1.99. The molecule has 358 valence electrons. The number of guanidine groups is 2. The van der Waals surface area contributed by atoms with Crippen molar-refractivity contribution in [1.29, 1.82) is 5.26 Å². The van der Waals surface area contributed by atoms with Crippen molar-refractivity contribution in [3.63, 3.8) is 0 Å². The topological polar surface area (TPSA) is 294 Å². The summed E-state index contributed by atoms with van der Waals surface area (Å²) in [5.74, 6) is 1.93. The van der Waals surface area contributed by atoms with Crippen LogP contribution in [0.5, 0.6) is 0 Å². The van der Waals surface area contributed by atoms with Crippen molar-refractivity contribution in [2.24, 2.45) is 15.2 Å². The molecule has 0 saturated carbocycles. The van der Waals surface area contributed by atoms with Crippen LogP contribution in [0.1, 0.15) is 20.9 Å². The van der Waals surface area contributed by atoms with Gasteiger partial charge in [0.25, 0.3) is 18.1 Å². The SMILES string of the molecule is CN/C(=C\[N+](=O)[O-])NCc1cnc(Cl)s1.CN1CN(C)/C(=N\[N+](=O)[O-])N(Cc2cnc(Cl)s2)C1.N#CN=C1SCCN1Cc1ccc(Cl)nc1.O=[N+]([O-])/N=C1\NCCN1Cc1ccc(Cl)nc1. The summed E-state index contributed by atoms with van der Waals surface area (Å²) in [6.07, 6.45) is 9.37. The number of nitrogens with one attached hydrogen (secondary N) is 3. The van der Waals surface area contributed by atoms with E-state index < -0.39 is 15.0 Å². The Morgan fingerprint density at radius 2 is 1.45 bits per heavy atom. The fourth-order valence-corrected chi connectivity index (χ4v) is 8.89. The summed E-state index contributed by atoms with van der Waals surface area (Å²) in [7, 11) is 5.30. The Kier molecular flexibility index (Phi) is 22.2. The Labute approximate surface area is 415 Å². The van der Waals surface area contributed by atoms with Gasteiger partial charge in [-0.3, -0.25) is 15.0 Å². The van der Waals surface area contributed by atoms with Crippen LogP contribution in [0.4, 0.5) is 0 Å². The number of nitrogens with zero attached hydrogens (tertiary/aromatic N) is 16. The summed E-state index contributed by atoms with van der Waals surface area (Å²) in [6, 6.07) is 7.21. The van der Waals surface area contributed by atoms with E-state index >= 15 is 0 Å². The normalized spacial score (nSPS) is 16.6. The number of hydrogen-bond donors (Lipinski definition) is 3. The Morgan fingerprint density at radius 1 is 0.836 bits per heavy atom. The van der Waals surface area contributed by atoms with Crippen LogP contribution >= 0.6 is 80.8 Å². The number of hydrogen-bond acceptors (Lipinski definition) is 18. The van der Waals surface area contributed by atoms with Gasteiger partial charge in [0.1, 0.15) is 20.5 Å². The first-order valence-corrected chi connectivity index (χ1v) is 23.3. The third-order valence-corrected chi connectivity index (χ3v) is 12.1. The monoisotopic (exact) mass is 1060 g/mol. The molecule has 25 nitrogen and oxygen atoms in total. The van der Waals surface area contributed by atoms with Crippen LogP contribution in [0.3, 0.4) is 0 Å². The van der Waals surface area contributed by atoms with E-state index in [0.717, 1.165) is 51.1 Å². The van der Waals surface area contributed by atoms with Gasteiger partial charge in [0.2, 0.25) is 6.19 Å². The van der Waals surface area contributed by atoms with Crippen LogP contribution < -0.4 is 16.0 Å². The lowest BCUT2D eigenvalue weighted by Gasteiger charge is -2.39. The van der Waals surface area contributed by atoms with Crippen molar-refractivity contribution < 1.29 is 15.0 Å². The molecule has 3 saturated heterocycles. The van der Waals surface area contributed by atoms with Gasteiger partial charge in [0.15, 0.2) is 30.0 Å². The number of thiazole rings is 2. The van der Waals surface area contributed by atoms with Gasteiger partial charge in [-0.15, -0.1) is 27.7 Å². The molecule has 0 amide bonds. The molecule has 0 bridgehead atoms. The van der Waals surface area contributed by atoms with Gasteiger partial charge in [-0.1, -0.05) is 70.3 Å².